The zero-order valence-electron chi connectivity index (χ0n) is 10.9. The van der Waals surface area contributed by atoms with E-state index in [0.717, 1.165) is 22.7 Å². The summed E-state index contributed by atoms with van der Waals surface area (Å²) in [4.78, 5) is 22.0. The molecule has 2 rings (SSSR count). The van der Waals surface area contributed by atoms with E-state index in [4.69, 9.17) is 0 Å². The molecular formula is C14H16N2OS. The molecule has 4 heteroatoms. The van der Waals surface area contributed by atoms with Gasteiger partial charge in [0, 0.05) is 11.1 Å². The third kappa shape index (κ3) is 2.64. The molecule has 18 heavy (non-hydrogen) atoms. The van der Waals surface area contributed by atoms with Gasteiger partial charge in [0.1, 0.15) is 10.7 Å². The van der Waals surface area contributed by atoms with Crippen LogP contribution in [-0.2, 0) is 12.8 Å². The zero-order valence-corrected chi connectivity index (χ0v) is 11.7. The Morgan fingerprint density at radius 2 is 2.17 bits per heavy atom. The number of aromatic nitrogens is 2. The Labute approximate surface area is 111 Å². The number of hydrogen-bond donors (Lipinski definition) is 0. The Morgan fingerprint density at radius 3 is 2.78 bits per heavy atom. The van der Waals surface area contributed by atoms with Crippen molar-refractivity contribution in [3.63, 3.8) is 0 Å². The smallest absolute Gasteiger partial charge is 0.188 e. The van der Waals surface area contributed by atoms with E-state index in [2.05, 4.69) is 9.97 Å². The van der Waals surface area contributed by atoms with Crippen LogP contribution in [0.25, 0.3) is 0 Å². The van der Waals surface area contributed by atoms with Gasteiger partial charge in [-0.05, 0) is 31.9 Å². The minimum Gasteiger partial charge on any atom is -0.292 e. The van der Waals surface area contributed by atoms with Crippen LogP contribution in [0.3, 0.4) is 0 Å². The number of nitrogens with zero attached hydrogens (tertiary/aromatic N) is 2. The average molecular weight is 260 g/mol. The van der Waals surface area contributed by atoms with Gasteiger partial charge in [-0.15, -0.1) is 11.3 Å². The molecule has 2 heterocycles. The molecule has 0 saturated heterocycles. The highest BCUT2D eigenvalue weighted by molar-refractivity contribution is 7.11. The van der Waals surface area contributed by atoms with Crippen LogP contribution in [0, 0.1) is 13.8 Å². The number of ketones is 1. The minimum absolute atomic E-state index is 0.0567. The zero-order chi connectivity index (χ0) is 13.1. The van der Waals surface area contributed by atoms with E-state index < -0.39 is 0 Å². The molecule has 0 aliphatic rings. The largest absolute Gasteiger partial charge is 0.292 e. The molecule has 0 bridgehead atoms. The summed E-state index contributed by atoms with van der Waals surface area (Å²) >= 11 is 1.59. The predicted octanol–water partition coefficient (Wildman–Crippen LogP) is 3.14. The van der Waals surface area contributed by atoms with Gasteiger partial charge in [0.05, 0.1) is 12.1 Å². The summed E-state index contributed by atoms with van der Waals surface area (Å²) in [6, 6.07) is 3.83. The van der Waals surface area contributed by atoms with E-state index in [0.29, 0.717) is 12.1 Å². The standard InChI is InChI=1S/C14H16N2OS/c1-4-11-6-5-7-15-14(11)12(17)8-13-16-9(2)10(3)18-13/h5-7H,4,8H2,1-3H3. The summed E-state index contributed by atoms with van der Waals surface area (Å²) in [7, 11) is 0. The Hall–Kier alpha value is -1.55. The molecular weight excluding hydrogens is 244 g/mol. The van der Waals surface area contributed by atoms with Gasteiger partial charge in [0.2, 0.25) is 0 Å². The second kappa shape index (κ2) is 5.40. The maximum atomic E-state index is 12.2. The van der Waals surface area contributed by atoms with Gasteiger partial charge in [0.25, 0.3) is 0 Å². The number of aryl methyl sites for hydroxylation is 3. The fourth-order valence-electron chi connectivity index (χ4n) is 1.81. The first-order valence-electron chi connectivity index (χ1n) is 6.01. The lowest BCUT2D eigenvalue weighted by Crippen LogP contribution is -2.09. The minimum atomic E-state index is 0.0567. The summed E-state index contributed by atoms with van der Waals surface area (Å²) in [5, 5.41) is 0.878. The van der Waals surface area contributed by atoms with Crippen molar-refractivity contribution < 1.29 is 4.79 Å². The van der Waals surface area contributed by atoms with E-state index in [-0.39, 0.29) is 5.78 Å². The van der Waals surface area contributed by atoms with Crippen LogP contribution in [0.2, 0.25) is 0 Å². The van der Waals surface area contributed by atoms with E-state index in [9.17, 15) is 4.79 Å². The average Bonchev–Trinajstić information content (AvgIpc) is 2.68. The van der Waals surface area contributed by atoms with Crippen LogP contribution in [0.5, 0.6) is 0 Å². The van der Waals surface area contributed by atoms with Crippen molar-refractivity contribution >= 4 is 17.1 Å². The van der Waals surface area contributed by atoms with Gasteiger partial charge in [-0.2, -0.15) is 0 Å². The Balaban J connectivity index is 2.22. The highest BCUT2D eigenvalue weighted by Crippen LogP contribution is 2.18. The van der Waals surface area contributed by atoms with E-state index >= 15 is 0 Å². The summed E-state index contributed by atoms with van der Waals surface area (Å²) in [5.41, 5.74) is 2.61. The van der Waals surface area contributed by atoms with Crippen molar-refractivity contribution in [1.29, 1.82) is 0 Å². The van der Waals surface area contributed by atoms with Crippen LogP contribution in [0.4, 0.5) is 0 Å². The lowest BCUT2D eigenvalue weighted by Gasteiger charge is -2.03. The van der Waals surface area contributed by atoms with E-state index in [1.54, 1.807) is 17.5 Å². The van der Waals surface area contributed by atoms with Crippen LogP contribution in [0.1, 0.15) is 38.6 Å². The van der Waals surface area contributed by atoms with Crippen molar-refractivity contribution in [2.75, 3.05) is 0 Å². The first-order chi connectivity index (χ1) is 8.61. The summed E-state index contributed by atoms with van der Waals surface area (Å²) in [6.45, 7) is 6.03. The fraction of sp³-hybridized carbons (Fsp3) is 0.357. The van der Waals surface area contributed by atoms with Gasteiger partial charge in [-0.1, -0.05) is 13.0 Å². The van der Waals surface area contributed by atoms with Gasteiger partial charge in [0.15, 0.2) is 5.78 Å². The predicted molar refractivity (Wildman–Crippen MR) is 73.2 cm³/mol. The van der Waals surface area contributed by atoms with Gasteiger partial charge in [-0.3, -0.25) is 9.78 Å². The number of carbonyl (C=O) groups excluding carboxylic acids is 1. The molecule has 0 aliphatic carbocycles. The van der Waals surface area contributed by atoms with Crippen molar-refractivity contribution in [2.45, 2.75) is 33.6 Å². The van der Waals surface area contributed by atoms with Crippen LogP contribution >= 0.6 is 11.3 Å². The molecule has 0 spiro atoms. The second-order valence-electron chi connectivity index (χ2n) is 4.21. The highest BCUT2D eigenvalue weighted by atomic mass is 32.1. The van der Waals surface area contributed by atoms with Crippen LogP contribution < -0.4 is 0 Å². The van der Waals surface area contributed by atoms with Crippen LogP contribution in [0.15, 0.2) is 18.3 Å². The molecule has 0 amide bonds. The molecule has 0 radical (unpaired) electrons. The van der Waals surface area contributed by atoms with Crippen LogP contribution in [-0.4, -0.2) is 15.8 Å². The SMILES string of the molecule is CCc1cccnc1C(=O)Cc1nc(C)c(C)s1. The number of pyridine rings is 1. The normalized spacial score (nSPS) is 10.6. The quantitative estimate of drug-likeness (QED) is 0.793. The van der Waals surface area contributed by atoms with Crippen molar-refractivity contribution in [2.24, 2.45) is 0 Å². The lowest BCUT2D eigenvalue weighted by atomic mass is 10.1. The van der Waals surface area contributed by atoms with Gasteiger partial charge >= 0.3 is 0 Å². The molecule has 0 aliphatic heterocycles. The number of hydrogen-bond acceptors (Lipinski definition) is 4. The van der Waals surface area contributed by atoms with Crippen molar-refractivity contribution in [3.05, 3.63) is 45.2 Å². The number of thiazole rings is 1. The Kier molecular flexibility index (Phi) is 3.87. The summed E-state index contributed by atoms with van der Waals surface area (Å²) in [6.07, 6.45) is 2.85. The van der Waals surface area contributed by atoms with Gasteiger partial charge in [-0.25, -0.2) is 4.98 Å². The first kappa shape index (κ1) is 12.9. The lowest BCUT2D eigenvalue weighted by molar-refractivity contribution is 0.0987. The van der Waals surface area contributed by atoms with E-state index in [1.807, 2.05) is 32.9 Å². The monoisotopic (exact) mass is 260 g/mol. The maximum absolute atomic E-state index is 12.2. The molecule has 0 unspecified atom stereocenters. The summed E-state index contributed by atoms with van der Waals surface area (Å²) in [5.74, 6) is 0.0567. The Bertz CT molecular complexity index is 555. The third-order valence-electron chi connectivity index (χ3n) is 2.92. The maximum Gasteiger partial charge on any atom is 0.188 e. The third-order valence-corrected chi connectivity index (χ3v) is 3.99. The number of carbonyl (C=O) groups is 1. The topological polar surface area (TPSA) is 42.9 Å². The molecule has 2 aromatic heterocycles. The second-order valence-corrected chi connectivity index (χ2v) is 5.50. The molecule has 0 N–H and O–H groups in total. The molecule has 0 saturated carbocycles. The number of Topliss-reactive ketones (excluding diaryl/α,β-unsaturated/α-hetero) is 1. The fourth-order valence-corrected chi connectivity index (χ4v) is 2.74. The first-order valence-corrected chi connectivity index (χ1v) is 6.83. The Morgan fingerprint density at radius 1 is 1.39 bits per heavy atom. The van der Waals surface area contributed by atoms with Gasteiger partial charge < -0.3 is 0 Å². The van der Waals surface area contributed by atoms with E-state index in [1.165, 1.54) is 4.88 Å². The van der Waals surface area contributed by atoms with Crippen molar-refractivity contribution in [3.8, 4) is 0 Å². The number of rotatable bonds is 4. The molecule has 3 nitrogen and oxygen atoms in total. The van der Waals surface area contributed by atoms with Crippen molar-refractivity contribution in [1.82, 2.24) is 9.97 Å². The molecule has 0 atom stereocenters. The molecule has 2 aromatic rings. The molecule has 0 fully saturated rings. The molecule has 0 aromatic carbocycles. The highest BCUT2D eigenvalue weighted by Gasteiger charge is 2.15. The molecule has 94 valence electrons. The summed E-state index contributed by atoms with van der Waals surface area (Å²) < 4.78 is 0.